The summed E-state index contributed by atoms with van der Waals surface area (Å²) in [6.07, 6.45) is 9.57. The number of carbonyl (C=O) groups is 1. The topological polar surface area (TPSA) is 29.5 Å². The van der Waals surface area contributed by atoms with Crippen LogP contribution >= 0.6 is 21.8 Å². The summed E-state index contributed by atoms with van der Waals surface area (Å²) < 4.78 is 6.29. The Morgan fingerprint density at radius 2 is 1.65 bits per heavy atom. The molecule has 0 rings (SSSR count). The molecule has 1 amide bonds. The molecule has 17 heavy (non-hydrogen) atoms. The molecule has 0 saturated carbocycles. The molecular weight excluding hydrogens is 258 g/mol. The lowest BCUT2D eigenvalue weighted by Gasteiger charge is -2.11. The second-order valence-electron chi connectivity index (χ2n) is 4.16. The van der Waals surface area contributed by atoms with Gasteiger partial charge in [-0.15, -0.1) is 0 Å². The van der Waals surface area contributed by atoms with Crippen molar-refractivity contribution in [2.75, 3.05) is 13.7 Å². The maximum atomic E-state index is 11.2. The Morgan fingerprint density at radius 1 is 1.12 bits per heavy atom. The normalized spacial score (nSPS) is 10.3. The molecule has 0 aliphatic rings. The number of rotatable bonds is 10. The van der Waals surface area contributed by atoms with Gasteiger partial charge in [0.05, 0.1) is 17.8 Å². The van der Waals surface area contributed by atoms with Crippen molar-refractivity contribution in [3.63, 3.8) is 0 Å². The Kier molecular flexibility index (Phi) is 12.3. The summed E-state index contributed by atoms with van der Waals surface area (Å²) in [5, 5.41) is 0. The molecule has 0 aromatic carbocycles. The van der Waals surface area contributed by atoms with E-state index in [9.17, 15) is 4.79 Å². The van der Waals surface area contributed by atoms with E-state index >= 15 is 0 Å². The van der Waals surface area contributed by atoms with Crippen molar-refractivity contribution in [1.29, 1.82) is 0 Å². The van der Waals surface area contributed by atoms with Gasteiger partial charge in [-0.3, -0.25) is 0 Å². The number of carbonyl (C=O) groups excluding carboxylic acids is 1. The largest absolute Gasteiger partial charge is 0.449 e. The Bertz CT molecular complexity index is 193. The van der Waals surface area contributed by atoms with Crippen molar-refractivity contribution in [2.45, 2.75) is 58.3 Å². The van der Waals surface area contributed by atoms with Gasteiger partial charge in [0, 0.05) is 7.05 Å². The molecule has 0 aliphatic carbocycles. The summed E-state index contributed by atoms with van der Waals surface area (Å²) in [5.74, 6) is 0. The molecule has 102 valence electrons. The van der Waals surface area contributed by atoms with Gasteiger partial charge in [-0.2, -0.15) is 0 Å². The Balaban J connectivity index is 3.16. The summed E-state index contributed by atoms with van der Waals surface area (Å²) in [4.78, 5) is 11.2. The van der Waals surface area contributed by atoms with Gasteiger partial charge >= 0.3 is 6.09 Å². The van der Waals surface area contributed by atoms with Gasteiger partial charge in [0.15, 0.2) is 0 Å². The second kappa shape index (κ2) is 12.4. The third-order valence-electron chi connectivity index (χ3n) is 2.58. The lowest BCUT2D eigenvalue weighted by atomic mass is 10.1. The SMILES string of the molecule is CCCCCCCCCCOC(=O)N(C)SCl. The number of unbranched alkanes of at least 4 members (excludes halogenated alkanes) is 7. The zero-order valence-electron chi connectivity index (χ0n) is 10.9. The molecule has 3 nitrogen and oxygen atoms in total. The lowest BCUT2D eigenvalue weighted by Crippen LogP contribution is -2.19. The Labute approximate surface area is 114 Å². The van der Waals surface area contributed by atoms with Gasteiger partial charge in [0.25, 0.3) is 0 Å². The molecule has 0 fully saturated rings. The average molecular weight is 282 g/mol. The van der Waals surface area contributed by atoms with Gasteiger partial charge in [0.1, 0.15) is 0 Å². The zero-order valence-corrected chi connectivity index (χ0v) is 12.5. The fourth-order valence-electron chi connectivity index (χ4n) is 1.51. The smallest absolute Gasteiger partial charge is 0.420 e. The fraction of sp³-hybridized carbons (Fsp3) is 0.917. The van der Waals surface area contributed by atoms with Crippen LogP contribution in [0.5, 0.6) is 0 Å². The first-order valence-electron chi connectivity index (χ1n) is 6.41. The van der Waals surface area contributed by atoms with E-state index in [4.69, 9.17) is 15.4 Å². The molecule has 0 aliphatic heterocycles. The molecule has 0 aromatic heterocycles. The number of hydrogen-bond acceptors (Lipinski definition) is 3. The van der Waals surface area contributed by atoms with E-state index in [0.29, 0.717) is 6.61 Å². The molecule has 0 heterocycles. The van der Waals surface area contributed by atoms with E-state index in [0.717, 1.165) is 24.0 Å². The standard InChI is InChI=1S/C12H24ClNO2S/c1-3-4-5-6-7-8-9-10-11-16-12(15)14(2)17-13/h3-11H2,1-2H3. The fourth-order valence-corrected chi connectivity index (χ4v) is 1.79. The minimum absolute atomic E-state index is 0.368. The molecule has 0 unspecified atom stereocenters. The molecule has 0 saturated heterocycles. The first kappa shape index (κ1) is 16.9. The maximum Gasteiger partial charge on any atom is 0.420 e. The van der Waals surface area contributed by atoms with Crippen LogP contribution in [0.25, 0.3) is 0 Å². The van der Waals surface area contributed by atoms with Crippen LogP contribution in [0.4, 0.5) is 4.79 Å². The van der Waals surface area contributed by atoms with E-state index < -0.39 is 0 Å². The summed E-state index contributed by atoms with van der Waals surface area (Å²) >= 11 is 0.843. The summed E-state index contributed by atoms with van der Waals surface area (Å²) in [6, 6.07) is 0. The number of halogens is 1. The summed E-state index contributed by atoms with van der Waals surface area (Å²) in [7, 11) is 7.00. The van der Waals surface area contributed by atoms with E-state index in [1.807, 2.05) is 0 Å². The van der Waals surface area contributed by atoms with Crippen LogP contribution in [0.2, 0.25) is 0 Å². The third kappa shape index (κ3) is 10.8. The highest BCUT2D eigenvalue weighted by molar-refractivity contribution is 8.19. The maximum absolute atomic E-state index is 11.2. The predicted molar refractivity (Wildman–Crippen MR) is 75.2 cm³/mol. The number of nitrogens with zero attached hydrogens (tertiary/aromatic N) is 1. The van der Waals surface area contributed by atoms with Crippen LogP contribution < -0.4 is 0 Å². The van der Waals surface area contributed by atoms with E-state index in [-0.39, 0.29) is 6.09 Å². The van der Waals surface area contributed by atoms with Crippen LogP contribution in [0.15, 0.2) is 0 Å². The van der Waals surface area contributed by atoms with Gasteiger partial charge in [-0.05, 0) is 17.1 Å². The van der Waals surface area contributed by atoms with Gasteiger partial charge in [-0.25, -0.2) is 9.10 Å². The summed E-state index contributed by atoms with van der Waals surface area (Å²) in [6.45, 7) is 2.72. The van der Waals surface area contributed by atoms with Gasteiger partial charge in [0.2, 0.25) is 0 Å². The minimum Gasteiger partial charge on any atom is -0.449 e. The quantitative estimate of drug-likeness (QED) is 0.417. The second-order valence-corrected chi connectivity index (χ2v) is 5.26. The Hall–Kier alpha value is -0.0900. The number of ether oxygens (including phenoxy) is 1. The molecule has 5 heteroatoms. The molecule has 0 N–H and O–H groups in total. The number of amides is 1. The molecule has 0 spiro atoms. The molecular formula is C12H24ClNO2S. The Morgan fingerprint density at radius 3 is 2.18 bits per heavy atom. The van der Waals surface area contributed by atoms with Crippen LogP contribution in [0.1, 0.15) is 58.3 Å². The molecule has 0 radical (unpaired) electrons. The average Bonchev–Trinajstić information content (AvgIpc) is 2.35. The molecule has 0 aromatic rings. The van der Waals surface area contributed by atoms with Crippen molar-refractivity contribution in [2.24, 2.45) is 0 Å². The first-order valence-corrected chi connectivity index (χ1v) is 8.01. The van der Waals surface area contributed by atoms with Gasteiger partial charge < -0.3 is 4.74 Å². The van der Waals surface area contributed by atoms with Crippen LogP contribution in [0, 0.1) is 0 Å². The van der Waals surface area contributed by atoms with Crippen LogP contribution in [-0.2, 0) is 4.74 Å². The highest BCUT2D eigenvalue weighted by Gasteiger charge is 2.08. The minimum atomic E-state index is -0.368. The van der Waals surface area contributed by atoms with Crippen LogP contribution in [0.3, 0.4) is 0 Å². The van der Waals surface area contributed by atoms with E-state index in [1.165, 1.54) is 42.8 Å². The number of hydrogen-bond donors (Lipinski definition) is 0. The van der Waals surface area contributed by atoms with Crippen LogP contribution in [-0.4, -0.2) is 24.1 Å². The lowest BCUT2D eigenvalue weighted by molar-refractivity contribution is 0.131. The third-order valence-corrected chi connectivity index (χ3v) is 3.56. The van der Waals surface area contributed by atoms with E-state index in [2.05, 4.69) is 6.92 Å². The monoisotopic (exact) mass is 281 g/mol. The highest BCUT2D eigenvalue weighted by Crippen LogP contribution is 2.13. The highest BCUT2D eigenvalue weighted by atomic mass is 35.7. The van der Waals surface area contributed by atoms with Gasteiger partial charge in [-0.1, -0.05) is 51.9 Å². The molecule has 0 atom stereocenters. The van der Waals surface area contributed by atoms with Crippen molar-refractivity contribution >= 4 is 27.9 Å². The zero-order chi connectivity index (χ0) is 12.9. The van der Waals surface area contributed by atoms with Crippen molar-refractivity contribution in [1.82, 2.24) is 4.31 Å². The van der Waals surface area contributed by atoms with Crippen molar-refractivity contribution < 1.29 is 9.53 Å². The van der Waals surface area contributed by atoms with Crippen molar-refractivity contribution in [3.8, 4) is 0 Å². The predicted octanol–water partition coefficient (Wildman–Crippen LogP) is 5.00. The first-order chi connectivity index (χ1) is 8.22. The van der Waals surface area contributed by atoms with Crippen molar-refractivity contribution in [3.05, 3.63) is 0 Å². The molecule has 0 bridgehead atoms. The summed E-state index contributed by atoms with van der Waals surface area (Å²) in [5.41, 5.74) is 0. The van der Waals surface area contributed by atoms with E-state index in [1.54, 1.807) is 7.05 Å².